The first-order valence-corrected chi connectivity index (χ1v) is 1.01. The molecule has 0 amide bonds. The minimum atomic E-state index is -1.06. The molecule has 0 unspecified atom stereocenters. The Morgan fingerprint density at radius 1 is 1.86 bits per heavy atom. The molecule has 0 atom stereocenters. The summed E-state index contributed by atoms with van der Waals surface area (Å²) in [5.41, 5.74) is 2.15. The SMILES string of the molecule is N#C[N-][N+](=O)[O-].[Na+]. The van der Waals surface area contributed by atoms with Crippen LogP contribution in [-0.2, 0) is 0 Å². The zero-order valence-electron chi connectivity index (χ0n) is 3.66. The van der Waals surface area contributed by atoms with Gasteiger partial charge in [0.2, 0.25) is 0 Å². The molecule has 0 fully saturated rings. The third kappa shape index (κ3) is 10.7. The fourth-order valence-electron chi connectivity index (χ4n) is 0.0365. The van der Waals surface area contributed by atoms with Gasteiger partial charge in [0.1, 0.15) is 0 Å². The van der Waals surface area contributed by atoms with Crippen molar-refractivity contribution in [1.82, 2.24) is 0 Å². The molecule has 0 aliphatic carbocycles. The van der Waals surface area contributed by atoms with Crippen LogP contribution in [0.4, 0.5) is 0 Å². The number of hydrogen-bond acceptors (Lipinski definition) is 3. The Hall–Kier alpha value is -0.310. The van der Waals surface area contributed by atoms with Gasteiger partial charge in [-0.1, -0.05) is 5.43 Å². The smallest absolute Gasteiger partial charge is 0.489 e. The zero-order chi connectivity index (χ0) is 4.99. The fraction of sp³-hybridized carbons (Fsp3) is 0. The van der Waals surface area contributed by atoms with Gasteiger partial charge >= 0.3 is 29.6 Å². The van der Waals surface area contributed by atoms with Crippen molar-refractivity contribution in [2.75, 3.05) is 0 Å². The van der Waals surface area contributed by atoms with Crippen LogP contribution < -0.4 is 29.6 Å². The van der Waals surface area contributed by atoms with Gasteiger partial charge in [0.05, 0.1) is 5.03 Å². The van der Waals surface area contributed by atoms with Crippen LogP contribution in [0.5, 0.6) is 0 Å². The number of nitrogens with zero attached hydrogens (tertiary/aromatic N) is 3. The normalized spacial score (nSPS) is 5.00. The predicted molar refractivity (Wildman–Crippen MR) is 16.0 cm³/mol. The zero-order valence-corrected chi connectivity index (χ0v) is 5.66. The Labute approximate surface area is 61.7 Å². The molecule has 0 aromatic carbocycles. The van der Waals surface area contributed by atoms with Crippen molar-refractivity contribution in [2.24, 2.45) is 0 Å². The average molecular weight is 109 g/mol. The van der Waals surface area contributed by atoms with Crippen molar-refractivity contribution >= 4 is 0 Å². The van der Waals surface area contributed by atoms with Crippen LogP contribution in [0.3, 0.4) is 0 Å². The molecule has 0 aromatic heterocycles. The van der Waals surface area contributed by atoms with Gasteiger partial charge in [-0.3, -0.25) is 10.1 Å². The van der Waals surface area contributed by atoms with Gasteiger partial charge < -0.3 is 5.26 Å². The monoisotopic (exact) mass is 109 g/mol. The average Bonchev–Trinajstić information content (AvgIpc) is 1.35. The molecule has 0 heterocycles. The number of rotatable bonds is 1. The molecule has 0 rings (SSSR count). The Bertz CT molecular complexity index is 95.6. The second-order valence-electron chi connectivity index (χ2n) is 0.438. The number of nitriles is 1. The van der Waals surface area contributed by atoms with E-state index in [2.05, 4.69) is 5.43 Å². The molecule has 0 saturated heterocycles. The maximum Gasteiger partial charge on any atom is 1.00 e. The standard InChI is InChI=1S/CN3O2.Na/c2-1-3-4(5)6;/q-1;+1. The van der Waals surface area contributed by atoms with E-state index < -0.39 is 5.03 Å². The molecule has 6 heteroatoms. The summed E-state index contributed by atoms with van der Waals surface area (Å²) < 4.78 is 0. The molecule has 32 valence electrons. The first-order valence-electron chi connectivity index (χ1n) is 1.01. The molecule has 0 aliphatic rings. The largest absolute Gasteiger partial charge is 1.00 e. The summed E-state index contributed by atoms with van der Waals surface area (Å²) in [4.78, 5) is 9.02. The summed E-state index contributed by atoms with van der Waals surface area (Å²) >= 11 is 0. The topological polar surface area (TPSA) is 81.0 Å². The van der Waals surface area contributed by atoms with E-state index in [4.69, 9.17) is 15.4 Å². The van der Waals surface area contributed by atoms with Crippen molar-refractivity contribution in [3.63, 3.8) is 0 Å². The summed E-state index contributed by atoms with van der Waals surface area (Å²) in [6, 6.07) is 0. The van der Waals surface area contributed by atoms with Gasteiger partial charge in [0.25, 0.3) is 0 Å². The number of nitro groups is 1. The molecule has 5 nitrogen and oxygen atoms in total. The van der Waals surface area contributed by atoms with Gasteiger partial charge in [-0.25, -0.2) is 0 Å². The van der Waals surface area contributed by atoms with Crippen molar-refractivity contribution in [1.29, 1.82) is 5.26 Å². The molecule has 0 N–H and O–H groups in total. The minimum absolute atomic E-state index is 0. The summed E-state index contributed by atoms with van der Waals surface area (Å²) in [6.07, 6.45) is 0.993. The van der Waals surface area contributed by atoms with E-state index in [0.717, 1.165) is 6.19 Å². The van der Waals surface area contributed by atoms with Crippen LogP contribution in [0.15, 0.2) is 0 Å². The fourth-order valence-corrected chi connectivity index (χ4v) is 0.0365. The predicted octanol–water partition coefficient (Wildman–Crippen LogP) is -2.96. The maximum absolute atomic E-state index is 9.02. The summed E-state index contributed by atoms with van der Waals surface area (Å²) in [5.74, 6) is 0. The third-order valence-corrected chi connectivity index (χ3v) is 0.126. The molecule has 7 heavy (non-hydrogen) atoms. The van der Waals surface area contributed by atoms with E-state index in [9.17, 15) is 0 Å². The molecule has 0 aliphatic heterocycles. The maximum atomic E-state index is 9.02. The summed E-state index contributed by atoms with van der Waals surface area (Å²) in [6.45, 7) is 0. The molecular formula is CN3NaO2. The number of hydrogen-bond donors (Lipinski definition) is 0. The van der Waals surface area contributed by atoms with E-state index in [1.807, 2.05) is 0 Å². The Balaban J connectivity index is 0. The molecule has 0 spiro atoms. The van der Waals surface area contributed by atoms with Crippen LogP contribution in [-0.4, -0.2) is 5.03 Å². The molecule has 0 bridgehead atoms. The summed E-state index contributed by atoms with van der Waals surface area (Å²) in [5, 5.41) is 15.3. The van der Waals surface area contributed by atoms with E-state index in [1.165, 1.54) is 0 Å². The second kappa shape index (κ2) is 5.69. The van der Waals surface area contributed by atoms with Crippen molar-refractivity contribution < 1.29 is 34.6 Å². The van der Waals surface area contributed by atoms with Gasteiger partial charge in [0, 0.05) is 0 Å². The van der Waals surface area contributed by atoms with Crippen molar-refractivity contribution in [3.8, 4) is 6.19 Å². The summed E-state index contributed by atoms with van der Waals surface area (Å²) in [7, 11) is 0. The van der Waals surface area contributed by atoms with Gasteiger partial charge in [-0.15, -0.1) is 0 Å². The molecular weight excluding hydrogens is 109 g/mol. The van der Waals surface area contributed by atoms with E-state index >= 15 is 0 Å². The van der Waals surface area contributed by atoms with E-state index in [1.54, 1.807) is 0 Å². The minimum Gasteiger partial charge on any atom is -0.489 e. The Morgan fingerprint density at radius 3 is 2.29 bits per heavy atom. The third-order valence-electron chi connectivity index (χ3n) is 0.126. The first-order chi connectivity index (χ1) is 2.77. The van der Waals surface area contributed by atoms with Crippen LogP contribution in [0.1, 0.15) is 0 Å². The van der Waals surface area contributed by atoms with Gasteiger partial charge in [-0.2, -0.15) is 0 Å². The first kappa shape index (κ1) is 9.85. The van der Waals surface area contributed by atoms with Crippen molar-refractivity contribution in [3.05, 3.63) is 15.5 Å². The second-order valence-corrected chi connectivity index (χ2v) is 0.438. The van der Waals surface area contributed by atoms with Gasteiger partial charge in [0.15, 0.2) is 0 Å². The van der Waals surface area contributed by atoms with E-state index in [-0.39, 0.29) is 29.6 Å². The van der Waals surface area contributed by atoms with Crippen LogP contribution in [0.2, 0.25) is 0 Å². The van der Waals surface area contributed by atoms with Crippen molar-refractivity contribution in [2.45, 2.75) is 0 Å². The van der Waals surface area contributed by atoms with E-state index in [0.29, 0.717) is 0 Å². The van der Waals surface area contributed by atoms with Crippen LogP contribution in [0, 0.1) is 21.6 Å². The Kier molecular flexibility index (Phi) is 8.00. The van der Waals surface area contributed by atoms with Gasteiger partial charge in [-0.05, 0) is 6.19 Å². The van der Waals surface area contributed by atoms with Crippen LogP contribution >= 0.6 is 0 Å². The molecule has 0 saturated carbocycles. The quantitative estimate of drug-likeness (QED) is 0.156. The molecule has 0 radical (unpaired) electrons. The van der Waals surface area contributed by atoms with Crippen LogP contribution in [0.25, 0.3) is 5.43 Å². The Morgan fingerprint density at radius 2 is 2.29 bits per heavy atom. The molecule has 0 aromatic rings.